The van der Waals surface area contributed by atoms with Crippen LogP contribution >= 0.6 is 0 Å². The van der Waals surface area contributed by atoms with Gasteiger partial charge >= 0.3 is 0 Å². The Balaban J connectivity index is 1.64. The van der Waals surface area contributed by atoms with Crippen LogP contribution in [0.25, 0.3) is 11.4 Å². The maximum atomic E-state index is 14.3. The van der Waals surface area contributed by atoms with Gasteiger partial charge in [-0.2, -0.15) is 0 Å². The molecule has 0 N–H and O–H groups in total. The third-order valence-electron chi connectivity index (χ3n) is 6.80. The van der Waals surface area contributed by atoms with E-state index in [2.05, 4.69) is 30.7 Å². The van der Waals surface area contributed by atoms with Gasteiger partial charge in [0.1, 0.15) is 11.9 Å². The first-order chi connectivity index (χ1) is 17.1. The minimum Gasteiger partial charge on any atom is -0.493 e. The van der Waals surface area contributed by atoms with Gasteiger partial charge in [-0.25, -0.2) is 14.4 Å². The van der Waals surface area contributed by atoms with E-state index in [0.29, 0.717) is 25.4 Å². The average molecular weight is 485 g/mol. The summed E-state index contributed by atoms with van der Waals surface area (Å²) in [6.45, 7) is 7.03. The molecule has 2 rings (SSSR count). The lowest BCUT2D eigenvalue weighted by atomic mass is 9.96. The summed E-state index contributed by atoms with van der Waals surface area (Å²) in [6.07, 6.45) is 20.7. The van der Waals surface area contributed by atoms with Crippen molar-refractivity contribution in [2.75, 3.05) is 6.61 Å². The summed E-state index contributed by atoms with van der Waals surface area (Å²) in [6, 6.07) is 7.80. The van der Waals surface area contributed by atoms with Crippen LogP contribution in [-0.2, 0) is 6.42 Å². The van der Waals surface area contributed by atoms with Gasteiger partial charge in [0.15, 0.2) is 5.82 Å². The highest BCUT2D eigenvalue weighted by Gasteiger charge is 2.12. The van der Waals surface area contributed by atoms with Crippen LogP contribution in [-0.4, -0.2) is 22.7 Å². The summed E-state index contributed by atoms with van der Waals surface area (Å²) in [4.78, 5) is 9.13. The molecule has 4 heteroatoms. The first-order valence-electron chi connectivity index (χ1n) is 14.3. The zero-order valence-corrected chi connectivity index (χ0v) is 22.6. The zero-order valence-electron chi connectivity index (χ0n) is 22.6. The Morgan fingerprint density at radius 3 is 2.03 bits per heavy atom. The highest BCUT2D eigenvalue weighted by Crippen LogP contribution is 2.22. The van der Waals surface area contributed by atoms with Crippen molar-refractivity contribution in [1.29, 1.82) is 0 Å². The maximum absolute atomic E-state index is 14.3. The molecule has 0 spiro atoms. The van der Waals surface area contributed by atoms with E-state index in [1.807, 2.05) is 36.7 Å². The summed E-state index contributed by atoms with van der Waals surface area (Å²) < 4.78 is 20.0. The van der Waals surface area contributed by atoms with Crippen LogP contribution in [0.15, 0.2) is 36.7 Å². The quantitative estimate of drug-likeness (QED) is 0.175. The van der Waals surface area contributed by atoms with Crippen LogP contribution < -0.4 is 4.74 Å². The Labute approximate surface area is 214 Å². The van der Waals surface area contributed by atoms with Crippen molar-refractivity contribution in [2.24, 2.45) is 5.92 Å². The van der Waals surface area contributed by atoms with Crippen LogP contribution in [0.5, 0.6) is 5.75 Å². The third kappa shape index (κ3) is 13.1. The molecule has 1 aromatic carbocycles. The summed E-state index contributed by atoms with van der Waals surface area (Å²) >= 11 is 0. The molecular formula is C31H49FN2O. The van der Waals surface area contributed by atoms with Gasteiger partial charge in [-0.3, -0.25) is 0 Å². The van der Waals surface area contributed by atoms with E-state index < -0.39 is 6.17 Å². The molecular weight excluding hydrogens is 435 g/mol. The van der Waals surface area contributed by atoms with Crippen molar-refractivity contribution in [3.05, 3.63) is 42.2 Å². The summed E-state index contributed by atoms with van der Waals surface area (Å²) in [5.41, 5.74) is 2.18. The van der Waals surface area contributed by atoms with Crippen LogP contribution in [0.3, 0.4) is 0 Å². The van der Waals surface area contributed by atoms with E-state index in [1.54, 1.807) is 0 Å². The van der Waals surface area contributed by atoms with Gasteiger partial charge in [-0.05, 0) is 55.0 Å². The minimum atomic E-state index is -0.788. The Morgan fingerprint density at radius 2 is 1.37 bits per heavy atom. The van der Waals surface area contributed by atoms with E-state index >= 15 is 0 Å². The lowest BCUT2D eigenvalue weighted by Crippen LogP contribution is -2.11. The first-order valence-corrected chi connectivity index (χ1v) is 14.3. The molecule has 0 saturated carbocycles. The van der Waals surface area contributed by atoms with Gasteiger partial charge in [0.05, 0.1) is 6.61 Å². The molecule has 0 aliphatic heterocycles. The lowest BCUT2D eigenvalue weighted by Gasteiger charge is -2.15. The van der Waals surface area contributed by atoms with Crippen LogP contribution in [0, 0.1) is 5.92 Å². The van der Waals surface area contributed by atoms with Crippen molar-refractivity contribution in [3.63, 3.8) is 0 Å². The third-order valence-corrected chi connectivity index (χ3v) is 6.80. The fraction of sp³-hybridized carbons (Fsp3) is 0.677. The molecule has 0 radical (unpaired) electrons. The van der Waals surface area contributed by atoms with Gasteiger partial charge in [0.25, 0.3) is 0 Å². The minimum absolute atomic E-state index is 0.409. The molecule has 0 aliphatic carbocycles. The predicted octanol–water partition coefficient (Wildman–Crippen LogP) is 9.54. The molecule has 1 aromatic heterocycles. The molecule has 2 unspecified atom stereocenters. The number of rotatable bonds is 20. The number of nitrogens with zero attached hydrogens (tertiary/aromatic N) is 2. The number of alkyl halides is 1. The van der Waals surface area contributed by atoms with E-state index in [4.69, 9.17) is 4.74 Å². The van der Waals surface area contributed by atoms with Gasteiger partial charge in [0.2, 0.25) is 0 Å². The Morgan fingerprint density at radius 1 is 0.771 bits per heavy atom. The van der Waals surface area contributed by atoms with Gasteiger partial charge in [0, 0.05) is 24.4 Å². The van der Waals surface area contributed by atoms with Crippen molar-refractivity contribution in [2.45, 2.75) is 123 Å². The predicted molar refractivity (Wildman–Crippen MR) is 147 cm³/mol. The number of hydrogen-bond acceptors (Lipinski definition) is 3. The maximum Gasteiger partial charge on any atom is 0.159 e. The van der Waals surface area contributed by atoms with Crippen molar-refractivity contribution < 1.29 is 9.13 Å². The summed E-state index contributed by atoms with van der Waals surface area (Å²) in [5, 5.41) is 0. The standard InChI is InChI=1S/C31H49FN2O/c1-4-6-8-9-10-11-12-14-16-27-24-33-31(34-25-27)28-17-19-30(20-18-28)35-22-21-29(32)23-26(3)15-13-7-5-2/h17-20,24-26,29H,4-16,21-23H2,1-3H3. The van der Waals surface area contributed by atoms with Crippen LogP contribution in [0.4, 0.5) is 4.39 Å². The number of unbranched alkanes of at least 4 members (excludes halogenated alkanes) is 9. The van der Waals surface area contributed by atoms with Crippen LogP contribution in [0.1, 0.15) is 116 Å². The van der Waals surface area contributed by atoms with Crippen molar-refractivity contribution in [1.82, 2.24) is 9.97 Å². The number of halogens is 1. The molecule has 0 aliphatic rings. The number of ether oxygens (including phenoxy) is 1. The summed E-state index contributed by atoms with van der Waals surface area (Å²) in [5.74, 6) is 1.95. The van der Waals surface area contributed by atoms with Gasteiger partial charge < -0.3 is 4.74 Å². The lowest BCUT2D eigenvalue weighted by molar-refractivity contribution is 0.205. The molecule has 35 heavy (non-hydrogen) atoms. The second-order valence-electron chi connectivity index (χ2n) is 10.2. The number of aromatic nitrogens is 2. The van der Waals surface area contributed by atoms with Gasteiger partial charge in [-0.1, -0.05) is 91.4 Å². The van der Waals surface area contributed by atoms with Crippen molar-refractivity contribution in [3.8, 4) is 17.1 Å². The second-order valence-corrected chi connectivity index (χ2v) is 10.2. The Hall–Kier alpha value is -1.97. The van der Waals surface area contributed by atoms with E-state index in [0.717, 1.165) is 30.0 Å². The molecule has 0 bridgehead atoms. The zero-order chi connectivity index (χ0) is 25.1. The number of hydrogen-bond donors (Lipinski definition) is 0. The Bertz CT molecular complexity index is 763. The van der Waals surface area contributed by atoms with Gasteiger partial charge in [-0.15, -0.1) is 0 Å². The normalized spacial score (nSPS) is 13.0. The largest absolute Gasteiger partial charge is 0.493 e. The molecule has 1 heterocycles. The fourth-order valence-corrected chi connectivity index (χ4v) is 4.52. The number of aryl methyl sites for hydroxylation is 1. The molecule has 0 saturated heterocycles. The van der Waals surface area contributed by atoms with Crippen molar-refractivity contribution >= 4 is 0 Å². The second kappa shape index (κ2) is 18.3. The van der Waals surface area contributed by atoms with E-state index in [1.165, 1.54) is 76.2 Å². The molecule has 2 aromatic rings. The smallest absolute Gasteiger partial charge is 0.159 e. The van der Waals surface area contributed by atoms with Crippen LogP contribution in [0.2, 0.25) is 0 Å². The van der Waals surface area contributed by atoms with E-state index in [9.17, 15) is 4.39 Å². The Kier molecular flexibility index (Phi) is 15.3. The molecule has 0 fully saturated rings. The first kappa shape index (κ1) is 29.3. The molecule has 2 atom stereocenters. The topological polar surface area (TPSA) is 35.0 Å². The fourth-order valence-electron chi connectivity index (χ4n) is 4.52. The molecule has 196 valence electrons. The summed E-state index contributed by atoms with van der Waals surface area (Å²) in [7, 11) is 0. The molecule has 0 amide bonds. The highest BCUT2D eigenvalue weighted by atomic mass is 19.1. The van der Waals surface area contributed by atoms with E-state index in [-0.39, 0.29) is 0 Å². The number of benzene rings is 1. The molecule has 3 nitrogen and oxygen atoms in total. The SMILES string of the molecule is CCCCCCCCCCc1cnc(-c2ccc(OCCC(F)CC(C)CCCCC)cc2)nc1. The highest BCUT2D eigenvalue weighted by molar-refractivity contribution is 5.55. The average Bonchev–Trinajstić information content (AvgIpc) is 2.86. The monoisotopic (exact) mass is 484 g/mol.